The maximum Gasteiger partial charge on any atom is 0.135 e. The van der Waals surface area contributed by atoms with Crippen LogP contribution in [0.2, 0.25) is 0 Å². The monoisotopic (exact) mass is 624 g/mol. The summed E-state index contributed by atoms with van der Waals surface area (Å²) in [6.07, 6.45) is 8.68. The Bertz CT molecular complexity index is 2780. The fourth-order valence-corrected chi connectivity index (χ4v) is 7.91. The quantitative estimate of drug-likeness (QED) is 0.196. The number of hydrogen-bond donors (Lipinski definition) is 0. The van der Waals surface area contributed by atoms with E-state index < -0.39 is 0 Å². The number of allylic oxidation sites excluding steroid dienone is 2. The van der Waals surface area contributed by atoms with Crippen molar-refractivity contribution in [3.05, 3.63) is 162 Å². The lowest BCUT2D eigenvalue weighted by Gasteiger charge is -2.29. The zero-order chi connectivity index (χ0) is 32.6. The molecule has 0 N–H and O–H groups in total. The molecule has 2 aromatic heterocycles. The van der Waals surface area contributed by atoms with Gasteiger partial charge in [0.2, 0.25) is 0 Å². The Hall–Kier alpha value is -7.00. The maximum absolute atomic E-state index is 10.7. The normalized spacial score (nSPS) is 16.2. The molecular formula is C44H24N4O. The highest BCUT2D eigenvalue weighted by molar-refractivity contribution is 6.10. The van der Waals surface area contributed by atoms with Crippen molar-refractivity contribution in [1.29, 1.82) is 10.5 Å². The molecule has 5 nitrogen and oxygen atoms in total. The SMILES string of the molecule is N#Cc1c#cc(-c2ccc(N3c4cc5c(cc4C4C=CC=CC43)oc3ccccc35)cc2C#N)c(-n2c3ccccc3c3ccccc32)c1. The lowest BCUT2D eigenvalue weighted by molar-refractivity contribution is 0.667. The Kier molecular flexibility index (Phi) is 5.68. The van der Waals surface area contributed by atoms with Gasteiger partial charge < -0.3 is 13.9 Å². The number of anilines is 2. The highest BCUT2D eigenvalue weighted by atomic mass is 16.3. The first kappa shape index (κ1) is 27.1. The van der Waals surface area contributed by atoms with E-state index in [0.29, 0.717) is 16.7 Å². The van der Waals surface area contributed by atoms with E-state index in [1.807, 2.05) is 60.7 Å². The number of nitriles is 2. The molecule has 0 bridgehead atoms. The molecule has 0 amide bonds. The summed E-state index contributed by atoms with van der Waals surface area (Å²) in [6.45, 7) is 0. The van der Waals surface area contributed by atoms with Gasteiger partial charge in [-0.05, 0) is 54.1 Å². The van der Waals surface area contributed by atoms with E-state index in [9.17, 15) is 10.5 Å². The van der Waals surface area contributed by atoms with Crippen molar-refractivity contribution in [3.63, 3.8) is 0 Å². The van der Waals surface area contributed by atoms with Gasteiger partial charge in [-0.25, -0.2) is 0 Å². The summed E-state index contributed by atoms with van der Waals surface area (Å²) in [5.41, 5.74) is 10.1. The predicted octanol–water partition coefficient (Wildman–Crippen LogP) is 10.4. The van der Waals surface area contributed by atoms with Gasteiger partial charge >= 0.3 is 0 Å². The van der Waals surface area contributed by atoms with Crippen LogP contribution in [0.15, 0.2) is 138 Å². The van der Waals surface area contributed by atoms with Gasteiger partial charge in [-0.1, -0.05) is 97.1 Å². The number of furan rings is 1. The summed E-state index contributed by atoms with van der Waals surface area (Å²) in [4.78, 5) is 2.34. The first-order valence-electron chi connectivity index (χ1n) is 16.2. The molecule has 10 rings (SSSR count). The number of aromatic nitrogens is 1. The smallest absolute Gasteiger partial charge is 0.135 e. The van der Waals surface area contributed by atoms with Crippen LogP contribution >= 0.6 is 0 Å². The van der Waals surface area contributed by atoms with Gasteiger partial charge in [-0.3, -0.25) is 0 Å². The highest BCUT2D eigenvalue weighted by Gasteiger charge is 2.38. The summed E-state index contributed by atoms with van der Waals surface area (Å²) in [5, 5.41) is 25.0. The molecule has 0 saturated carbocycles. The molecule has 3 heterocycles. The second-order valence-electron chi connectivity index (χ2n) is 12.6. The minimum atomic E-state index is 0.0538. The van der Waals surface area contributed by atoms with Gasteiger partial charge in [0.25, 0.3) is 0 Å². The molecule has 1 aliphatic carbocycles. The standard InChI is InChI=1S/C44H24N4O/c45-25-27-17-19-34(41(21-27)48-39-14-6-1-9-31(39)32-10-2-7-15-40(32)48)30-20-18-29(22-28(30)26-46)47-38-13-5-3-11-33(38)36-24-44-37(23-42(36)47)35-12-4-8-16-43(35)49-44/h1-16,18,20-24,33,38H. The Morgan fingerprint density at radius 3 is 2.14 bits per heavy atom. The highest BCUT2D eigenvalue weighted by Crippen LogP contribution is 2.50. The van der Waals surface area contributed by atoms with Crippen molar-refractivity contribution in [2.45, 2.75) is 12.0 Å². The van der Waals surface area contributed by atoms with E-state index >= 15 is 0 Å². The summed E-state index contributed by atoms with van der Waals surface area (Å²) >= 11 is 0. The van der Waals surface area contributed by atoms with Crippen LogP contribution < -0.4 is 4.90 Å². The number of para-hydroxylation sites is 3. The van der Waals surface area contributed by atoms with Crippen molar-refractivity contribution >= 4 is 55.1 Å². The van der Waals surface area contributed by atoms with E-state index in [1.54, 1.807) is 0 Å². The zero-order valence-corrected chi connectivity index (χ0v) is 26.1. The van der Waals surface area contributed by atoms with Gasteiger partial charge in [-0.2, -0.15) is 10.5 Å². The third-order valence-electron chi connectivity index (χ3n) is 10.0. The second kappa shape index (κ2) is 10.2. The second-order valence-corrected chi connectivity index (χ2v) is 12.6. The number of benzene rings is 5. The van der Waals surface area contributed by atoms with Crippen molar-refractivity contribution < 1.29 is 4.42 Å². The third-order valence-corrected chi connectivity index (χ3v) is 10.0. The number of hydrogen-bond acceptors (Lipinski definition) is 4. The molecule has 6 aromatic carbocycles. The fraction of sp³-hybridized carbons (Fsp3) is 0.0455. The lowest BCUT2D eigenvalue weighted by Crippen LogP contribution is -2.28. The van der Waals surface area contributed by atoms with Crippen LogP contribution in [-0.2, 0) is 0 Å². The number of fused-ring (bicyclic) bond motifs is 9. The summed E-state index contributed by atoms with van der Waals surface area (Å²) in [5.74, 6) is 0.145. The van der Waals surface area contributed by atoms with Crippen LogP contribution in [0.5, 0.6) is 0 Å². The Morgan fingerprint density at radius 2 is 1.37 bits per heavy atom. The molecule has 8 aromatic rings. The number of nitrogens with zero attached hydrogens (tertiary/aromatic N) is 4. The Labute approximate surface area is 282 Å². The van der Waals surface area contributed by atoms with Crippen LogP contribution in [-0.4, -0.2) is 10.6 Å². The van der Waals surface area contributed by atoms with Crippen LogP contribution in [0.4, 0.5) is 11.4 Å². The van der Waals surface area contributed by atoms with E-state index in [-0.39, 0.29) is 12.0 Å². The summed E-state index contributed by atoms with van der Waals surface area (Å²) < 4.78 is 8.45. The van der Waals surface area contributed by atoms with Crippen molar-refractivity contribution in [2.75, 3.05) is 4.90 Å². The van der Waals surface area contributed by atoms with E-state index in [1.165, 1.54) is 5.56 Å². The van der Waals surface area contributed by atoms with E-state index in [0.717, 1.165) is 66.4 Å². The van der Waals surface area contributed by atoms with Gasteiger partial charge in [0, 0.05) is 44.4 Å². The molecule has 0 radical (unpaired) electrons. The average molecular weight is 625 g/mol. The molecule has 0 saturated heterocycles. The van der Waals surface area contributed by atoms with Crippen molar-refractivity contribution in [1.82, 2.24) is 4.57 Å². The fourth-order valence-electron chi connectivity index (χ4n) is 7.91. The van der Waals surface area contributed by atoms with Crippen LogP contribution in [0.3, 0.4) is 0 Å². The molecule has 1 aliphatic heterocycles. The molecule has 0 spiro atoms. The molecule has 5 heteroatoms. The lowest BCUT2D eigenvalue weighted by atomic mass is 9.91. The maximum atomic E-state index is 10.7. The van der Waals surface area contributed by atoms with Gasteiger partial charge in [-0.15, -0.1) is 0 Å². The minimum Gasteiger partial charge on any atom is -0.456 e. The molecule has 49 heavy (non-hydrogen) atoms. The van der Waals surface area contributed by atoms with Crippen molar-refractivity contribution in [3.8, 4) is 29.0 Å². The van der Waals surface area contributed by atoms with E-state index in [4.69, 9.17) is 4.42 Å². The molecule has 2 atom stereocenters. The van der Waals surface area contributed by atoms with Crippen LogP contribution in [0.25, 0.3) is 60.6 Å². The van der Waals surface area contributed by atoms with Gasteiger partial charge in [0.1, 0.15) is 22.8 Å². The molecule has 2 aliphatic rings. The molecular weight excluding hydrogens is 601 g/mol. The molecule has 0 fully saturated rings. The number of rotatable bonds is 3. The molecule has 2 unspecified atom stereocenters. The van der Waals surface area contributed by atoms with Gasteiger partial charge in [0.15, 0.2) is 0 Å². The summed E-state index contributed by atoms with van der Waals surface area (Å²) in [7, 11) is 0. The third kappa shape index (κ3) is 3.87. The average Bonchev–Trinajstić information content (AvgIpc) is 3.80. The zero-order valence-electron chi connectivity index (χ0n) is 26.1. The Balaban J connectivity index is 1.17. The topological polar surface area (TPSA) is 68.9 Å². The van der Waals surface area contributed by atoms with Crippen LogP contribution in [0, 0.1) is 34.8 Å². The Morgan fingerprint density at radius 1 is 0.633 bits per heavy atom. The van der Waals surface area contributed by atoms with Gasteiger partial charge in [0.05, 0.1) is 40.0 Å². The summed E-state index contributed by atoms with van der Waals surface area (Å²) in [6, 6.07) is 48.1. The first-order chi connectivity index (χ1) is 24.2. The van der Waals surface area contributed by atoms with Crippen molar-refractivity contribution in [2.24, 2.45) is 0 Å². The minimum absolute atomic E-state index is 0.0538. The van der Waals surface area contributed by atoms with E-state index in [2.05, 4.69) is 107 Å². The predicted molar refractivity (Wildman–Crippen MR) is 194 cm³/mol. The largest absolute Gasteiger partial charge is 0.456 e. The molecule has 226 valence electrons. The first-order valence-corrected chi connectivity index (χ1v) is 16.2. The van der Waals surface area contributed by atoms with Crippen LogP contribution in [0.1, 0.15) is 22.6 Å².